The normalized spacial score (nSPS) is 15.9. The van der Waals surface area contributed by atoms with Gasteiger partial charge in [0, 0.05) is 24.5 Å². The minimum atomic E-state index is -0.378. The molecule has 2 aliphatic rings. The highest BCUT2D eigenvalue weighted by Gasteiger charge is 2.40. The molecule has 35 heavy (non-hydrogen) atoms. The molecule has 0 unspecified atom stereocenters. The summed E-state index contributed by atoms with van der Waals surface area (Å²) in [6.45, 7) is 6.17. The summed E-state index contributed by atoms with van der Waals surface area (Å²) in [6.07, 6.45) is 2.42. The highest BCUT2D eigenvalue weighted by molar-refractivity contribution is 6.46. The molecule has 0 aromatic heterocycles. The summed E-state index contributed by atoms with van der Waals surface area (Å²) < 4.78 is 5.23. The Morgan fingerprint density at radius 1 is 0.771 bits per heavy atom. The van der Waals surface area contributed by atoms with Crippen LogP contribution in [0.1, 0.15) is 29.5 Å². The van der Waals surface area contributed by atoms with Gasteiger partial charge in [-0.25, -0.2) is 4.90 Å². The Bertz CT molecular complexity index is 1300. The van der Waals surface area contributed by atoms with E-state index in [1.165, 1.54) is 23.4 Å². The number of methoxy groups -OCH3 is 1. The average Bonchev–Trinajstić information content (AvgIpc) is 3.49. The lowest BCUT2D eigenvalue weighted by atomic mass is 9.99. The molecule has 178 valence electrons. The predicted octanol–water partition coefficient (Wildman–Crippen LogP) is 5.31. The Kier molecular flexibility index (Phi) is 6.03. The third kappa shape index (κ3) is 4.28. The number of imide groups is 1. The number of anilines is 3. The van der Waals surface area contributed by atoms with Crippen molar-refractivity contribution in [2.24, 2.45) is 0 Å². The Hall–Kier alpha value is -4.06. The van der Waals surface area contributed by atoms with E-state index in [4.69, 9.17) is 4.74 Å². The van der Waals surface area contributed by atoms with Crippen LogP contribution in [0.2, 0.25) is 0 Å². The standard InChI is InChI=1S/C29H29N3O3/c1-19-6-7-21(18-20(19)2)26-27(30-22-8-10-23(11-9-22)31-16-4-5-17-31)29(34)32(28(26)33)24-12-14-25(35-3)15-13-24/h6-15,18,30H,4-5,16-17H2,1-3H3. The topological polar surface area (TPSA) is 61.9 Å². The molecule has 2 heterocycles. The molecule has 0 bridgehead atoms. The zero-order valence-electron chi connectivity index (χ0n) is 20.3. The molecular weight excluding hydrogens is 438 g/mol. The number of aryl methyl sites for hydroxylation is 2. The Morgan fingerprint density at radius 2 is 1.43 bits per heavy atom. The van der Waals surface area contributed by atoms with Crippen molar-refractivity contribution in [1.82, 2.24) is 0 Å². The molecule has 3 aromatic rings. The number of carbonyl (C=O) groups excluding carboxylic acids is 2. The highest BCUT2D eigenvalue weighted by Crippen LogP contribution is 2.35. The van der Waals surface area contributed by atoms with E-state index in [-0.39, 0.29) is 17.5 Å². The number of benzene rings is 3. The summed E-state index contributed by atoms with van der Waals surface area (Å²) >= 11 is 0. The fourth-order valence-corrected chi connectivity index (χ4v) is 4.65. The van der Waals surface area contributed by atoms with E-state index >= 15 is 0 Å². The van der Waals surface area contributed by atoms with Crippen molar-refractivity contribution in [1.29, 1.82) is 0 Å². The van der Waals surface area contributed by atoms with Crippen molar-refractivity contribution in [2.45, 2.75) is 26.7 Å². The Balaban J connectivity index is 1.52. The minimum absolute atomic E-state index is 0.281. The van der Waals surface area contributed by atoms with Crippen LogP contribution >= 0.6 is 0 Å². The van der Waals surface area contributed by atoms with Crippen LogP contribution < -0.4 is 19.9 Å². The molecule has 2 aliphatic heterocycles. The maximum Gasteiger partial charge on any atom is 0.282 e. The number of ether oxygens (including phenoxy) is 1. The largest absolute Gasteiger partial charge is 0.497 e. The summed E-state index contributed by atoms with van der Waals surface area (Å²) in [5.74, 6) is -0.0664. The fourth-order valence-electron chi connectivity index (χ4n) is 4.65. The molecule has 2 amide bonds. The summed E-state index contributed by atoms with van der Waals surface area (Å²) in [4.78, 5) is 30.9. The third-order valence-electron chi connectivity index (χ3n) is 6.82. The highest BCUT2D eigenvalue weighted by atomic mass is 16.5. The lowest BCUT2D eigenvalue weighted by Gasteiger charge is -2.18. The third-order valence-corrected chi connectivity index (χ3v) is 6.82. The van der Waals surface area contributed by atoms with E-state index in [1.807, 2.05) is 44.2 Å². The van der Waals surface area contributed by atoms with Crippen LogP contribution in [0.3, 0.4) is 0 Å². The van der Waals surface area contributed by atoms with Gasteiger partial charge in [-0.2, -0.15) is 0 Å². The van der Waals surface area contributed by atoms with Gasteiger partial charge in [-0.05, 0) is 91.9 Å². The van der Waals surface area contributed by atoms with Gasteiger partial charge in [-0.1, -0.05) is 18.2 Å². The molecule has 0 saturated carbocycles. The second kappa shape index (κ2) is 9.29. The molecule has 0 spiro atoms. The van der Waals surface area contributed by atoms with Gasteiger partial charge < -0.3 is 15.0 Å². The van der Waals surface area contributed by atoms with E-state index in [9.17, 15) is 9.59 Å². The molecule has 6 heteroatoms. The van der Waals surface area contributed by atoms with Gasteiger partial charge in [-0.3, -0.25) is 9.59 Å². The van der Waals surface area contributed by atoms with Crippen molar-refractivity contribution in [3.05, 3.63) is 89.1 Å². The lowest BCUT2D eigenvalue weighted by molar-refractivity contribution is -0.120. The maximum atomic E-state index is 13.7. The molecule has 1 fully saturated rings. The number of rotatable bonds is 6. The van der Waals surface area contributed by atoms with Gasteiger partial charge in [0.05, 0.1) is 18.4 Å². The van der Waals surface area contributed by atoms with E-state index < -0.39 is 0 Å². The van der Waals surface area contributed by atoms with E-state index in [1.54, 1.807) is 31.4 Å². The first-order chi connectivity index (χ1) is 17.0. The zero-order chi connectivity index (χ0) is 24.5. The van der Waals surface area contributed by atoms with Gasteiger partial charge in [0.1, 0.15) is 11.4 Å². The number of hydrogen-bond donors (Lipinski definition) is 1. The number of amides is 2. The number of nitrogens with one attached hydrogen (secondary N) is 1. The zero-order valence-corrected chi connectivity index (χ0v) is 20.3. The van der Waals surface area contributed by atoms with Gasteiger partial charge >= 0.3 is 0 Å². The number of nitrogens with zero attached hydrogens (tertiary/aromatic N) is 2. The summed E-state index contributed by atoms with van der Waals surface area (Å²) in [6, 6.07) is 20.8. The van der Waals surface area contributed by atoms with Crippen LogP contribution in [0.15, 0.2) is 72.4 Å². The second-order valence-corrected chi connectivity index (χ2v) is 9.06. The quantitative estimate of drug-likeness (QED) is 0.498. The smallest absolute Gasteiger partial charge is 0.282 e. The van der Waals surface area contributed by atoms with Crippen molar-refractivity contribution >= 4 is 34.4 Å². The molecule has 3 aromatic carbocycles. The second-order valence-electron chi connectivity index (χ2n) is 9.06. The van der Waals surface area contributed by atoms with Crippen LogP contribution in [-0.2, 0) is 9.59 Å². The number of carbonyl (C=O) groups is 2. The first kappa shape index (κ1) is 22.7. The molecular formula is C29H29N3O3. The first-order valence-corrected chi connectivity index (χ1v) is 11.9. The van der Waals surface area contributed by atoms with Crippen LogP contribution in [-0.4, -0.2) is 32.0 Å². The molecule has 0 radical (unpaired) electrons. The van der Waals surface area contributed by atoms with Crippen molar-refractivity contribution in [3.8, 4) is 5.75 Å². The molecule has 0 aliphatic carbocycles. The van der Waals surface area contributed by atoms with Gasteiger partial charge in [0.2, 0.25) is 0 Å². The number of hydrogen-bond acceptors (Lipinski definition) is 5. The monoisotopic (exact) mass is 467 g/mol. The SMILES string of the molecule is COc1ccc(N2C(=O)C(Nc3ccc(N4CCCC4)cc3)=C(c3ccc(C)c(C)c3)C2=O)cc1. The van der Waals surface area contributed by atoms with Crippen LogP contribution in [0, 0.1) is 13.8 Å². The summed E-state index contributed by atoms with van der Waals surface area (Å²) in [5, 5.41) is 3.27. The molecule has 5 rings (SSSR count). The molecule has 6 nitrogen and oxygen atoms in total. The Labute approximate surface area is 205 Å². The van der Waals surface area contributed by atoms with Gasteiger partial charge in [0.15, 0.2) is 0 Å². The average molecular weight is 468 g/mol. The van der Waals surface area contributed by atoms with Crippen LogP contribution in [0.4, 0.5) is 17.1 Å². The summed E-state index contributed by atoms with van der Waals surface area (Å²) in [7, 11) is 1.58. The Morgan fingerprint density at radius 3 is 2.06 bits per heavy atom. The molecule has 0 atom stereocenters. The van der Waals surface area contributed by atoms with Crippen LogP contribution in [0.25, 0.3) is 5.57 Å². The van der Waals surface area contributed by atoms with Gasteiger partial charge in [0.25, 0.3) is 11.8 Å². The van der Waals surface area contributed by atoms with Crippen molar-refractivity contribution in [3.63, 3.8) is 0 Å². The van der Waals surface area contributed by atoms with Crippen molar-refractivity contribution < 1.29 is 14.3 Å². The predicted molar refractivity (Wildman–Crippen MR) is 140 cm³/mol. The maximum absolute atomic E-state index is 13.7. The fraction of sp³-hybridized carbons (Fsp3) is 0.241. The molecule has 1 N–H and O–H groups in total. The molecule has 1 saturated heterocycles. The van der Waals surface area contributed by atoms with E-state index in [0.717, 1.165) is 35.5 Å². The van der Waals surface area contributed by atoms with Crippen molar-refractivity contribution in [2.75, 3.05) is 35.3 Å². The minimum Gasteiger partial charge on any atom is -0.497 e. The van der Waals surface area contributed by atoms with Gasteiger partial charge in [-0.15, -0.1) is 0 Å². The van der Waals surface area contributed by atoms with E-state index in [2.05, 4.69) is 22.3 Å². The van der Waals surface area contributed by atoms with E-state index in [0.29, 0.717) is 17.0 Å². The lowest BCUT2D eigenvalue weighted by Crippen LogP contribution is -2.32. The first-order valence-electron chi connectivity index (χ1n) is 11.9. The van der Waals surface area contributed by atoms with Crippen LogP contribution in [0.5, 0.6) is 5.75 Å². The summed E-state index contributed by atoms with van der Waals surface area (Å²) in [5.41, 5.74) is 6.01.